The Morgan fingerprint density at radius 2 is 0.702 bits per heavy atom. The highest BCUT2D eigenvalue weighted by atomic mass is 16.7. The number of methoxy groups -OCH3 is 1. The van der Waals surface area contributed by atoms with E-state index in [1.54, 1.807) is 46.6 Å². The van der Waals surface area contributed by atoms with Gasteiger partial charge in [0.25, 0.3) is 41.0 Å². The van der Waals surface area contributed by atoms with Gasteiger partial charge < -0.3 is 78.5 Å². The summed E-state index contributed by atoms with van der Waals surface area (Å²) >= 11 is 0. The van der Waals surface area contributed by atoms with Crippen molar-refractivity contribution in [2.75, 3.05) is 39.8 Å². The van der Waals surface area contributed by atoms with Crippen molar-refractivity contribution in [1.29, 1.82) is 0 Å². The number of amides is 5. The zero-order valence-electron chi connectivity index (χ0n) is 76.6. The van der Waals surface area contributed by atoms with Gasteiger partial charge in [-0.3, -0.25) is 67.1 Å². The van der Waals surface area contributed by atoms with Crippen molar-refractivity contribution in [3.8, 4) is 0 Å². The van der Waals surface area contributed by atoms with E-state index in [9.17, 15) is 92.7 Å². The van der Waals surface area contributed by atoms with Crippen molar-refractivity contribution in [2.24, 2.45) is 65.1 Å². The number of rotatable bonds is 20. The van der Waals surface area contributed by atoms with E-state index in [0.29, 0.717) is 103 Å². The maximum atomic E-state index is 13.0. The number of piperidine rings is 4. The van der Waals surface area contributed by atoms with Crippen LogP contribution in [0.15, 0.2) is 0 Å². The molecule has 10 saturated heterocycles. The first-order valence-electron chi connectivity index (χ1n) is 45.1. The number of Topliss-reactive ketones (excluding diaryl/α,β-unsaturated/α-hetero) is 9. The first kappa shape index (κ1) is 104. The van der Waals surface area contributed by atoms with E-state index in [1.807, 2.05) is 62.3 Å². The SMILES string of the molecule is CC(=O)C1CCCCN1C(=O)C(=O)C1(O)OC(C(C)C)CCC1C.CC(=O)C1CCCCN1C(=O)C1(O)OC(C(C)C)CCC(C)C1=O.CC(=O)C1CCCCN1C(=O)CC1(O)OC(C(C)C)C(C)CC1C.CC(=O)C1CCCN1C(=O)C(=O)C1(O)OC(C(C)C)CCC1C.COC1CC(C)C(O)(C(=O)C(=O)N2CCCCC2C(C)=O)OC1C(C)C. The van der Waals surface area contributed by atoms with Crippen LogP contribution in [-0.2, 0) is 95.5 Å². The number of ketones is 9. The molecule has 0 spiro atoms. The minimum atomic E-state index is -2.48. The molecule has 22 unspecified atom stereocenters. The van der Waals surface area contributed by atoms with Gasteiger partial charge in [-0.2, -0.15) is 0 Å². The van der Waals surface area contributed by atoms with Gasteiger partial charge in [0, 0.05) is 69.4 Å². The maximum absolute atomic E-state index is 13.0. The van der Waals surface area contributed by atoms with E-state index < -0.39 is 130 Å². The van der Waals surface area contributed by atoms with Crippen molar-refractivity contribution in [3.63, 3.8) is 0 Å². The summed E-state index contributed by atoms with van der Waals surface area (Å²) in [5, 5.41) is 54.6. The molecule has 5 amide bonds. The van der Waals surface area contributed by atoms with Gasteiger partial charge in [-0.25, -0.2) is 0 Å². The summed E-state index contributed by atoms with van der Waals surface area (Å²) in [4.78, 5) is 181. The highest BCUT2D eigenvalue weighted by Crippen LogP contribution is 2.44. The predicted molar refractivity (Wildman–Crippen MR) is 446 cm³/mol. The molecule has 22 atom stereocenters. The molecular formula is C91H149N5O25. The lowest BCUT2D eigenvalue weighted by Crippen LogP contribution is -2.63. The second-order valence-corrected chi connectivity index (χ2v) is 38.3. The van der Waals surface area contributed by atoms with Crippen LogP contribution in [0.2, 0.25) is 0 Å². The lowest BCUT2D eigenvalue weighted by molar-refractivity contribution is -0.300. The third kappa shape index (κ3) is 24.6. The molecule has 688 valence electrons. The Hall–Kier alpha value is -6.06. The number of hydrogen-bond acceptors (Lipinski definition) is 25. The fraction of sp³-hybridized carbons (Fsp3) is 0.846. The molecule has 10 aliphatic rings. The molecule has 0 saturated carbocycles. The number of carbonyl (C=O) groups is 14. The highest BCUT2D eigenvalue weighted by Gasteiger charge is 2.59. The second kappa shape index (κ2) is 44.4. The van der Waals surface area contributed by atoms with Crippen LogP contribution in [0.25, 0.3) is 0 Å². The van der Waals surface area contributed by atoms with Crippen LogP contribution < -0.4 is 0 Å². The van der Waals surface area contributed by atoms with Crippen molar-refractivity contribution in [2.45, 2.75) is 389 Å². The van der Waals surface area contributed by atoms with Crippen molar-refractivity contribution in [3.05, 3.63) is 0 Å². The molecule has 0 aromatic rings. The molecule has 0 bridgehead atoms. The molecule has 0 aromatic heterocycles. The number of ether oxygens (including phenoxy) is 6. The molecule has 10 rings (SSSR count). The van der Waals surface area contributed by atoms with Gasteiger partial charge in [-0.15, -0.1) is 0 Å². The fourth-order valence-corrected chi connectivity index (χ4v) is 19.1. The molecule has 121 heavy (non-hydrogen) atoms. The summed E-state index contributed by atoms with van der Waals surface area (Å²) in [5.41, 5.74) is 0. The van der Waals surface area contributed by atoms with Crippen LogP contribution in [-0.4, -0.2) is 267 Å². The van der Waals surface area contributed by atoms with Gasteiger partial charge >= 0.3 is 5.79 Å². The number of likely N-dealkylation sites (tertiary alicyclic amines) is 5. The third-order valence-electron chi connectivity index (χ3n) is 27.2. The minimum Gasteiger partial charge on any atom is -0.379 e. The van der Waals surface area contributed by atoms with Gasteiger partial charge in [0.1, 0.15) is 0 Å². The van der Waals surface area contributed by atoms with Crippen molar-refractivity contribution in [1.82, 2.24) is 24.5 Å². The number of aliphatic hydroxyl groups is 5. The Bertz CT molecular complexity index is 3640. The molecule has 10 aliphatic heterocycles. The van der Waals surface area contributed by atoms with Crippen LogP contribution in [0.4, 0.5) is 0 Å². The van der Waals surface area contributed by atoms with Gasteiger partial charge in [0.05, 0.1) is 73.3 Å². The quantitative estimate of drug-likeness (QED) is 0.0561. The normalized spacial score (nSPS) is 35.4. The summed E-state index contributed by atoms with van der Waals surface area (Å²) in [6.45, 7) is 39.9. The second-order valence-electron chi connectivity index (χ2n) is 38.3. The van der Waals surface area contributed by atoms with Crippen LogP contribution in [0.3, 0.4) is 0 Å². The Kier molecular flexibility index (Phi) is 38.1. The van der Waals surface area contributed by atoms with Gasteiger partial charge in [0.2, 0.25) is 29.1 Å². The summed E-state index contributed by atoms with van der Waals surface area (Å²) in [5.74, 6) is -18.7. The molecule has 0 aromatic carbocycles. The lowest BCUT2D eigenvalue weighted by Gasteiger charge is -2.47. The molecule has 0 aliphatic carbocycles. The average Bonchev–Trinajstić information content (AvgIpc) is 1.76. The molecule has 30 nitrogen and oxygen atoms in total. The standard InChI is InChI=1S/C19H31NO6.C19H33NO4.2C18H29NO5.C17H27NO5/c1-11(2)16-15(25-5)10-12(3)19(24,26-16)17(22)18(23)20-9-7-6-8-14(20)13(4)21;1-12(2)18-13(3)10-14(4)19(23,24-18)11-17(22)20-9-7-6-8-16(20)15(5)21;1-11(2)15-9-8-12(3)18(23,24-15)16(21)17(22)19-10-6-5-7-14(19)13(4)20;1-11(2)15-9-8-12(3)16(21)18(23,24-15)17(22)19-10-6-5-7-14(19)13(4)20;1-10(2)14-8-7-11(3)17(22,23-14)15(20)16(21)18-9-5-6-13(18)12(4)19/h11-12,14-16,24H,6-10H2,1-5H3;12-14,16,18,23H,6-11H2,1-5H3;2*11-12,14-15,23H,5-10H2,1-4H3;10-11,13-14,22H,5-9H2,1-4H3. The smallest absolute Gasteiger partial charge is 0.309 e. The Balaban J connectivity index is 0.000000234. The predicted octanol–water partition coefficient (Wildman–Crippen LogP) is 8.73. The van der Waals surface area contributed by atoms with Gasteiger partial charge in [0.15, 0.2) is 34.7 Å². The van der Waals surface area contributed by atoms with Crippen LogP contribution >= 0.6 is 0 Å². The Labute approximate surface area is 717 Å². The van der Waals surface area contributed by atoms with E-state index in [-0.39, 0.29) is 113 Å². The fourth-order valence-electron chi connectivity index (χ4n) is 19.1. The molecule has 5 N–H and O–H groups in total. The summed E-state index contributed by atoms with van der Waals surface area (Å²) in [6.07, 6.45) is 13.8. The summed E-state index contributed by atoms with van der Waals surface area (Å²) in [6, 6.07) is -2.65. The average molecular weight is 1710 g/mol. The number of nitrogens with zero attached hydrogens (tertiary/aromatic N) is 5. The first-order chi connectivity index (χ1) is 56.3. The van der Waals surface area contributed by atoms with Crippen molar-refractivity contribution < 1.29 is 121 Å². The van der Waals surface area contributed by atoms with E-state index in [4.69, 9.17) is 28.4 Å². The zero-order valence-corrected chi connectivity index (χ0v) is 76.6. The zero-order chi connectivity index (χ0) is 91.2. The van der Waals surface area contributed by atoms with E-state index in [1.165, 1.54) is 47.3 Å². The van der Waals surface area contributed by atoms with Crippen molar-refractivity contribution >= 4 is 81.6 Å². The summed E-state index contributed by atoms with van der Waals surface area (Å²) in [7, 11) is 1.57. The largest absolute Gasteiger partial charge is 0.379 e. The Morgan fingerprint density at radius 1 is 0.372 bits per heavy atom. The third-order valence-corrected chi connectivity index (χ3v) is 27.2. The maximum Gasteiger partial charge on any atom is 0.309 e. The topological polar surface area (TPSA) is 412 Å². The minimum absolute atomic E-state index is 0.00170. The molecule has 10 heterocycles. The van der Waals surface area contributed by atoms with Gasteiger partial charge in [-0.05, 0) is 211 Å². The van der Waals surface area contributed by atoms with E-state index in [2.05, 4.69) is 20.8 Å². The van der Waals surface area contributed by atoms with E-state index in [0.717, 1.165) is 77.0 Å². The van der Waals surface area contributed by atoms with Crippen LogP contribution in [0, 0.1) is 65.1 Å². The molecule has 30 heteroatoms. The van der Waals surface area contributed by atoms with Crippen LogP contribution in [0.5, 0.6) is 0 Å². The Morgan fingerprint density at radius 3 is 1.07 bits per heavy atom. The van der Waals surface area contributed by atoms with Gasteiger partial charge in [-0.1, -0.05) is 111 Å². The lowest BCUT2D eigenvalue weighted by atomic mass is 9.79. The van der Waals surface area contributed by atoms with E-state index >= 15 is 0 Å². The molecular weight excluding hydrogens is 1560 g/mol. The number of carbonyl (C=O) groups excluding carboxylic acids is 14. The summed E-state index contributed by atoms with van der Waals surface area (Å²) < 4.78 is 34.3. The monoisotopic (exact) mass is 1710 g/mol. The first-order valence-corrected chi connectivity index (χ1v) is 45.1. The van der Waals surface area contributed by atoms with Crippen LogP contribution in [0.1, 0.15) is 293 Å². The highest BCUT2D eigenvalue weighted by molar-refractivity contribution is 6.40. The molecule has 10 fully saturated rings. The molecule has 0 radical (unpaired) electrons. The number of hydrogen-bond donors (Lipinski definition) is 5.